The molecule has 1 aromatic rings. The molecule has 2 heterocycles. The molecule has 1 aliphatic heterocycles. The van der Waals surface area contributed by atoms with Crippen LogP contribution in [-0.2, 0) is 0 Å². The van der Waals surface area contributed by atoms with E-state index in [1.54, 1.807) is 11.8 Å². The van der Waals surface area contributed by atoms with Gasteiger partial charge in [0.25, 0.3) is 0 Å². The molecule has 0 aromatic carbocycles. The van der Waals surface area contributed by atoms with Crippen molar-refractivity contribution in [3.63, 3.8) is 0 Å². The van der Waals surface area contributed by atoms with Crippen LogP contribution in [0.4, 0.5) is 5.95 Å². The van der Waals surface area contributed by atoms with E-state index in [9.17, 15) is 5.11 Å². The zero-order chi connectivity index (χ0) is 13.5. The van der Waals surface area contributed by atoms with E-state index < -0.39 is 5.60 Å². The van der Waals surface area contributed by atoms with Crippen molar-refractivity contribution in [2.45, 2.75) is 56.3 Å². The lowest BCUT2D eigenvalue weighted by atomic mass is 10.2. The zero-order valence-electron chi connectivity index (χ0n) is 11.7. The summed E-state index contributed by atoms with van der Waals surface area (Å²) < 4.78 is 2.29. The average Bonchev–Trinajstić information content (AvgIpc) is 2.90. The Morgan fingerprint density at radius 2 is 1.95 bits per heavy atom. The summed E-state index contributed by atoms with van der Waals surface area (Å²) in [5, 5.41) is 19.6. The fourth-order valence-corrected chi connectivity index (χ4v) is 3.34. The minimum absolute atomic E-state index is 0.579. The summed E-state index contributed by atoms with van der Waals surface area (Å²) in [7, 11) is 0. The van der Waals surface area contributed by atoms with Gasteiger partial charge in [-0.2, -0.15) is 0 Å². The van der Waals surface area contributed by atoms with E-state index in [1.165, 1.54) is 25.7 Å². The van der Waals surface area contributed by atoms with E-state index in [1.807, 2.05) is 13.8 Å². The SMILES string of the molecule is CC(C)(O)CSc1nnc(N2CCCC2)n1C1CC1. The van der Waals surface area contributed by atoms with Gasteiger partial charge < -0.3 is 10.0 Å². The fraction of sp³-hybridized carbons (Fsp3) is 0.846. The largest absolute Gasteiger partial charge is 0.390 e. The second-order valence-electron chi connectivity index (χ2n) is 6.18. The fourth-order valence-electron chi connectivity index (χ4n) is 2.39. The van der Waals surface area contributed by atoms with Crippen LogP contribution in [0.3, 0.4) is 0 Å². The number of thioether (sulfide) groups is 1. The van der Waals surface area contributed by atoms with Crippen molar-refractivity contribution in [2.24, 2.45) is 0 Å². The van der Waals surface area contributed by atoms with Crippen LogP contribution >= 0.6 is 11.8 Å². The minimum Gasteiger partial charge on any atom is -0.390 e. The lowest BCUT2D eigenvalue weighted by Gasteiger charge is -2.19. The number of nitrogens with zero attached hydrogens (tertiary/aromatic N) is 4. The predicted molar refractivity (Wildman–Crippen MR) is 76.8 cm³/mol. The van der Waals surface area contributed by atoms with Gasteiger partial charge in [-0.05, 0) is 39.5 Å². The van der Waals surface area contributed by atoms with E-state index in [4.69, 9.17) is 0 Å². The molecule has 1 aliphatic carbocycles. The Morgan fingerprint density at radius 3 is 2.53 bits per heavy atom. The maximum Gasteiger partial charge on any atom is 0.228 e. The van der Waals surface area contributed by atoms with Crippen LogP contribution in [-0.4, -0.2) is 44.3 Å². The molecule has 106 valence electrons. The van der Waals surface area contributed by atoms with E-state index >= 15 is 0 Å². The van der Waals surface area contributed by atoms with E-state index in [-0.39, 0.29) is 0 Å². The van der Waals surface area contributed by atoms with Crippen molar-refractivity contribution >= 4 is 17.7 Å². The Hall–Kier alpha value is -0.750. The van der Waals surface area contributed by atoms with Gasteiger partial charge in [0.1, 0.15) is 0 Å². The standard InChI is InChI=1S/C13H22N4OS/c1-13(2,18)9-19-12-15-14-11(16-7-3-4-8-16)17(12)10-5-6-10/h10,18H,3-9H2,1-2H3. The monoisotopic (exact) mass is 282 g/mol. The molecule has 1 saturated heterocycles. The van der Waals surface area contributed by atoms with Crippen molar-refractivity contribution in [2.75, 3.05) is 23.7 Å². The van der Waals surface area contributed by atoms with Crippen molar-refractivity contribution in [1.29, 1.82) is 0 Å². The van der Waals surface area contributed by atoms with Gasteiger partial charge >= 0.3 is 0 Å². The van der Waals surface area contributed by atoms with Gasteiger partial charge in [0.2, 0.25) is 5.95 Å². The first kappa shape index (κ1) is 13.2. The van der Waals surface area contributed by atoms with Crippen molar-refractivity contribution in [3.8, 4) is 0 Å². The van der Waals surface area contributed by atoms with Crippen LogP contribution in [0.15, 0.2) is 5.16 Å². The van der Waals surface area contributed by atoms with Crippen LogP contribution in [0.5, 0.6) is 0 Å². The molecule has 19 heavy (non-hydrogen) atoms. The van der Waals surface area contributed by atoms with E-state index in [0.29, 0.717) is 11.8 Å². The normalized spacial score (nSPS) is 20.3. The Balaban J connectivity index is 1.80. The summed E-state index contributed by atoms with van der Waals surface area (Å²) in [6, 6.07) is 0.579. The van der Waals surface area contributed by atoms with Crippen LogP contribution in [0.25, 0.3) is 0 Å². The van der Waals surface area contributed by atoms with Gasteiger partial charge in [-0.25, -0.2) is 0 Å². The molecule has 0 bridgehead atoms. The Morgan fingerprint density at radius 1 is 1.26 bits per heavy atom. The van der Waals surface area contributed by atoms with Crippen LogP contribution in [0.1, 0.15) is 45.6 Å². The minimum atomic E-state index is -0.668. The maximum absolute atomic E-state index is 9.85. The Kier molecular flexibility index (Phi) is 3.47. The predicted octanol–water partition coefficient (Wildman–Crippen LogP) is 2.08. The molecule has 2 aliphatic rings. The molecule has 0 amide bonds. The summed E-state index contributed by atoms with van der Waals surface area (Å²) in [4.78, 5) is 2.35. The van der Waals surface area contributed by atoms with Crippen LogP contribution < -0.4 is 4.90 Å². The topological polar surface area (TPSA) is 54.2 Å². The lowest BCUT2D eigenvalue weighted by Crippen LogP contribution is -2.23. The van der Waals surface area contributed by atoms with Gasteiger partial charge in [0.05, 0.1) is 5.60 Å². The number of aliphatic hydroxyl groups is 1. The van der Waals surface area contributed by atoms with Crippen LogP contribution in [0, 0.1) is 0 Å². The molecular weight excluding hydrogens is 260 g/mol. The molecule has 1 aromatic heterocycles. The molecule has 1 saturated carbocycles. The van der Waals surface area contributed by atoms with Gasteiger partial charge in [0.15, 0.2) is 5.16 Å². The van der Waals surface area contributed by atoms with Crippen molar-refractivity contribution in [3.05, 3.63) is 0 Å². The van der Waals surface area contributed by atoms with Gasteiger partial charge in [-0.3, -0.25) is 4.57 Å². The van der Waals surface area contributed by atoms with Crippen molar-refractivity contribution in [1.82, 2.24) is 14.8 Å². The molecule has 2 fully saturated rings. The Bertz CT molecular complexity index is 444. The molecule has 0 unspecified atom stereocenters. The summed E-state index contributed by atoms with van der Waals surface area (Å²) in [5.41, 5.74) is -0.668. The highest BCUT2D eigenvalue weighted by Crippen LogP contribution is 2.41. The van der Waals surface area contributed by atoms with Crippen molar-refractivity contribution < 1.29 is 5.11 Å². The third-order valence-electron chi connectivity index (χ3n) is 3.50. The molecule has 1 N–H and O–H groups in total. The third-order valence-corrected chi connectivity index (χ3v) is 4.89. The summed E-state index contributed by atoms with van der Waals surface area (Å²) >= 11 is 1.61. The number of hydrogen-bond donors (Lipinski definition) is 1. The number of rotatable bonds is 5. The van der Waals surface area contributed by atoms with E-state index in [0.717, 1.165) is 24.2 Å². The zero-order valence-corrected chi connectivity index (χ0v) is 12.5. The highest BCUT2D eigenvalue weighted by molar-refractivity contribution is 7.99. The van der Waals surface area contributed by atoms with Gasteiger partial charge in [0, 0.05) is 24.9 Å². The van der Waals surface area contributed by atoms with Gasteiger partial charge in [-0.15, -0.1) is 10.2 Å². The number of aromatic nitrogens is 3. The van der Waals surface area contributed by atoms with Gasteiger partial charge in [-0.1, -0.05) is 11.8 Å². The Labute approximate surface area is 118 Å². The summed E-state index contributed by atoms with van der Waals surface area (Å²) in [5.74, 6) is 1.69. The third kappa shape index (κ3) is 3.05. The summed E-state index contributed by atoms with van der Waals surface area (Å²) in [6.45, 7) is 5.86. The van der Waals surface area contributed by atoms with E-state index in [2.05, 4.69) is 19.7 Å². The average molecular weight is 282 g/mol. The summed E-state index contributed by atoms with van der Waals surface area (Å²) in [6.07, 6.45) is 4.97. The number of hydrogen-bond acceptors (Lipinski definition) is 5. The first-order valence-electron chi connectivity index (χ1n) is 7.10. The smallest absolute Gasteiger partial charge is 0.228 e. The molecule has 0 radical (unpaired) electrons. The molecule has 0 spiro atoms. The molecule has 5 nitrogen and oxygen atoms in total. The first-order chi connectivity index (χ1) is 9.04. The van der Waals surface area contributed by atoms with Crippen LogP contribution in [0.2, 0.25) is 0 Å². The second-order valence-corrected chi connectivity index (χ2v) is 7.12. The molecular formula is C13H22N4OS. The quantitative estimate of drug-likeness (QED) is 0.838. The molecule has 3 rings (SSSR count). The second kappa shape index (κ2) is 4.98. The molecule has 0 atom stereocenters. The number of anilines is 1. The first-order valence-corrected chi connectivity index (χ1v) is 8.08. The highest BCUT2D eigenvalue weighted by Gasteiger charge is 2.32. The highest BCUT2D eigenvalue weighted by atomic mass is 32.2. The lowest BCUT2D eigenvalue weighted by molar-refractivity contribution is 0.107. The maximum atomic E-state index is 9.85. The molecule has 6 heteroatoms.